The molecular formula is C24H28N4O8S2. The number of nitrogens with two attached hydrogens (primary N) is 2. The van der Waals surface area contributed by atoms with Crippen molar-refractivity contribution in [2.75, 3.05) is 49.4 Å². The second kappa shape index (κ2) is 11.4. The van der Waals surface area contributed by atoms with E-state index in [9.17, 15) is 16.8 Å². The van der Waals surface area contributed by atoms with E-state index in [1.165, 1.54) is 70.9 Å². The monoisotopic (exact) mass is 564 g/mol. The van der Waals surface area contributed by atoms with Gasteiger partial charge in [-0.05, 0) is 42.5 Å². The highest BCUT2D eigenvalue weighted by molar-refractivity contribution is 7.95. The van der Waals surface area contributed by atoms with Gasteiger partial charge in [0.05, 0.1) is 55.7 Å². The van der Waals surface area contributed by atoms with Crippen LogP contribution in [0.4, 0.5) is 22.7 Å². The molecule has 0 bridgehead atoms. The molecule has 0 saturated heterocycles. The smallest absolute Gasteiger partial charge is 0.262 e. The third kappa shape index (κ3) is 6.72. The van der Waals surface area contributed by atoms with Gasteiger partial charge in [0, 0.05) is 23.5 Å². The van der Waals surface area contributed by atoms with Crippen molar-refractivity contribution in [3.05, 3.63) is 59.5 Å². The lowest BCUT2D eigenvalue weighted by molar-refractivity contribution is 0.374. The Morgan fingerprint density at radius 2 is 1.29 bits per heavy atom. The number of methoxy groups -OCH3 is 4. The molecule has 0 saturated carbocycles. The van der Waals surface area contributed by atoms with Crippen LogP contribution in [0.2, 0.25) is 0 Å². The number of hydrogen-bond donors (Lipinski definition) is 4. The van der Waals surface area contributed by atoms with Crippen LogP contribution in [0, 0.1) is 0 Å². The molecule has 14 heteroatoms. The largest absolute Gasteiger partial charge is 0.496 e. The molecule has 0 atom stereocenters. The highest BCUT2D eigenvalue weighted by atomic mass is 32.2. The minimum absolute atomic E-state index is 0.0174. The molecule has 12 nitrogen and oxygen atoms in total. The zero-order valence-corrected chi connectivity index (χ0v) is 22.6. The molecule has 204 valence electrons. The van der Waals surface area contributed by atoms with Crippen molar-refractivity contribution in [3.8, 4) is 23.0 Å². The molecule has 0 fully saturated rings. The highest BCUT2D eigenvalue weighted by Gasteiger charge is 2.19. The molecular weight excluding hydrogens is 536 g/mol. The van der Waals surface area contributed by atoms with Crippen molar-refractivity contribution in [2.45, 2.75) is 4.90 Å². The summed E-state index contributed by atoms with van der Waals surface area (Å²) in [5, 5.41) is 0.920. The van der Waals surface area contributed by atoms with Gasteiger partial charge in [-0.2, -0.15) is 0 Å². The molecule has 0 aromatic heterocycles. The second-order valence-electron chi connectivity index (χ2n) is 7.75. The Bertz CT molecular complexity index is 1530. The van der Waals surface area contributed by atoms with Crippen molar-refractivity contribution in [2.24, 2.45) is 0 Å². The Labute approximate surface area is 221 Å². The lowest BCUT2D eigenvalue weighted by atomic mass is 10.1. The molecule has 0 heterocycles. The lowest BCUT2D eigenvalue weighted by Crippen LogP contribution is -2.15. The third-order valence-corrected chi connectivity index (χ3v) is 7.49. The SMILES string of the molecule is COc1cc(OC)c(/C=C/S(=O)(=O)Nc2ccc(OC)c(NS(=O)(=O)c3cc(N)cc(N)c3)c2)c(OC)c1. The van der Waals surface area contributed by atoms with Crippen LogP contribution in [0.25, 0.3) is 6.08 Å². The molecule has 6 N–H and O–H groups in total. The van der Waals surface area contributed by atoms with Gasteiger partial charge in [-0.3, -0.25) is 9.44 Å². The van der Waals surface area contributed by atoms with Crippen molar-refractivity contribution in [3.63, 3.8) is 0 Å². The van der Waals surface area contributed by atoms with Crippen molar-refractivity contribution >= 4 is 48.9 Å². The van der Waals surface area contributed by atoms with Crippen LogP contribution in [-0.2, 0) is 20.0 Å². The standard InChI is InChI=1S/C24H28N4O8S2/c1-33-18-13-23(35-3)20(24(14-18)36-4)7-8-37(29,30)27-17-5-6-22(34-2)21(12-17)28-38(31,32)19-10-15(25)9-16(26)11-19/h5-14,27-28H,25-26H2,1-4H3/b8-7+. The molecule has 3 rings (SSSR count). The van der Waals surface area contributed by atoms with Gasteiger partial charge in [-0.1, -0.05) is 0 Å². The zero-order chi connectivity index (χ0) is 28.1. The second-order valence-corrected chi connectivity index (χ2v) is 11.0. The minimum atomic E-state index is -4.14. The first kappa shape index (κ1) is 28.3. The van der Waals surface area contributed by atoms with Gasteiger partial charge in [-0.25, -0.2) is 16.8 Å². The number of sulfonamides is 2. The molecule has 0 aliphatic heterocycles. The van der Waals surface area contributed by atoms with Crippen molar-refractivity contribution in [1.29, 1.82) is 0 Å². The summed E-state index contributed by atoms with van der Waals surface area (Å²) in [7, 11) is -2.53. The predicted molar refractivity (Wildman–Crippen MR) is 147 cm³/mol. The topological polar surface area (TPSA) is 181 Å². The van der Waals surface area contributed by atoms with Crippen molar-refractivity contribution in [1.82, 2.24) is 0 Å². The number of rotatable bonds is 11. The van der Waals surface area contributed by atoms with Gasteiger partial charge < -0.3 is 30.4 Å². The quantitative estimate of drug-likeness (QED) is 0.253. The Balaban J connectivity index is 1.91. The number of ether oxygens (including phenoxy) is 4. The van der Waals surface area contributed by atoms with E-state index in [-0.39, 0.29) is 33.4 Å². The average molecular weight is 565 g/mol. The Hall–Kier alpha value is -4.30. The van der Waals surface area contributed by atoms with Crippen LogP contribution < -0.4 is 39.9 Å². The van der Waals surface area contributed by atoms with Crippen LogP contribution in [0.3, 0.4) is 0 Å². The van der Waals surface area contributed by atoms with Gasteiger partial charge in [0.15, 0.2) is 0 Å². The van der Waals surface area contributed by atoms with E-state index >= 15 is 0 Å². The van der Waals surface area contributed by atoms with Crippen LogP contribution in [-0.4, -0.2) is 45.3 Å². The normalized spacial score (nSPS) is 11.7. The van der Waals surface area contributed by atoms with Gasteiger partial charge in [0.2, 0.25) is 0 Å². The summed E-state index contributed by atoms with van der Waals surface area (Å²) in [6.45, 7) is 0. The lowest BCUT2D eigenvalue weighted by Gasteiger charge is -2.15. The number of hydrogen-bond acceptors (Lipinski definition) is 10. The fourth-order valence-corrected chi connectivity index (χ4v) is 5.40. The van der Waals surface area contributed by atoms with E-state index in [2.05, 4.69) is 9.44 Å². The Morgan fingerprint density at radius 1 is 0.711 bits per heavy atom. The average Bonchev–Trinajstić information content (AvgIpc) is 2.86. The van der Waals surface area contributed by atoms with E-state index < -0.39 is 20.0 Å². The molecule has 0 radical (unpaired) electrons. The van der Waals surface area contributed by atoms with Crippen molar-refractivity contribution < 1.29 is 35.8 Å². The summed E-state index contributed by atoms with van der Waals surface area (Å²) in [5.41, 5.74) is 12.2. The highest BCUT2D eigenvalue weighted by Crippen LogP contribution is 2.35. The minimum Gasteiger partial charge on any atom is -0.496 e. The van der Waals surface area contributed by atoms with Gasteiger partial charge in [0.25, 0.3) is 20.0 Å². The maximum Gasteiger partial charge on any atom is 0.262 e. The predicted octanol–water partition coefficient (Wildman–Crippen LogP) is 3.10. The van der Waals surface area contributed by atoms with Gasteiger partial charge >= 0.3 is 0 Å². The molecule has 3 aromatic carbocycles. The molecule has 0 aliphatic rings. The zero-order valence-electron chi connectivity index (χ0n) is 21.0. The summed E-state index contributed by atoms with van der Waals surface area (Å²) in [5.74, 6) is 1.27. The maximum absolute atomic E-state index is 12.9. The molecule has 3 aromatic rings. The van der Waals surface area contributed by atoms with Gasteiger partial charge in [0.1, 0.15) is 23.0 Å². The summed E-state index contributed by atoms with van der Waals surface area (Å²) >= 11 is 0. The van der Waals surface area contributed by atoms with E-state index in [1.807, 2.05) is 0 Å². The fourth-order valence-electron chi connectivity index (χ4n) is 3.41. The first-order chi connectivity index (χ1) is 17.9. The van der Waals surface area contributed by atoms with E-state index in [0.29, 0.717) is 22.8 Å². The summed E-state index contributed by atoms with van der Waals surface area (Å²) in [6, 6.07) is 11.1. The summed E-state index contributed by atoms with van der Waals surface area (Å²) < 4.78 is 77.4. The van der Waals surface area contributed by atoms with Crippen LogP contribution >= 0.6 is 0 Å². The number of benzene rings is 3. The Kier molecular flexibility index (Phi) is 8.48. The molecule has 0 amide bonds. The van der Waals surface area contributed by atoms with Crippen LogP contribution in [0.15, 0.2) is 58.8 Å². The first-order valence-corrected chi connectivity index (χ1v) is 13.8. The summed E-state index contributed by atoms with van der Waals surface area (Å²) in [4.78, 5) is -0.173. The van der Waals surface area contributed by atoms with Crippen LogP contribution in [0.1, 0.15) is 5.56 Å². The molecule has 0 unspecified atom stereocenters. The van der Waals surface area contributed by atoms with Gasteiger partial charge in [-0.15, -0.1) is 0 Å². The fraction of sp³-hybridized carbons (Fsp3) is 0.167. The molecule has 38 heavy (non-hydrogen) atoms. The van der Waals surface area contributed by atoms with Crippen LogP contribution in [0.5, 0.6) is 23.0 Å². The van der Waals surface area contributed by atoms with E-state index in [1.54, 1.807) is 12.1 Å². The molecule has 0 spiro atoms. The first-order valence-electron chi connectivity index (χ1n) is 10.8. The number of nitrogen functional groups attached to an aromatic ring is 2. The van der Waals surface area contributed by atoms with E-state index in [4.69, 9.17) is 30.4 Å². The number of nitrogens with one attached hydrogen (secondary N) is 2. The maximum atomic E-state index is 12.9. The number of anilines is 4. The van der Waals surface area contributed by atoms with E-state index in [0.717, 1.165) is 5.41 Å². The summed E-state index contributed by atoms with van der Waals surface area (Å²) in [6.07, 6.45) is 1.30. The molecule has 0 aliphatic carbocycles. The third-order valence-electron chi connectivity index (χ3n) is 5.13. The Morgan fingerprint density at radius 3 is 1.82 bits per heavy atom.